The summed E-state index contributed by atoms with van der Waals surface area (Å²) in [5, 5.41) is 2.67. The van der Waals surface area contributed by atoms with Crippen molar-refractivity contribution in [2.45, 2.75) is 39.5 Å². The van der Waals surface area contributed by atoms with Crippen LogP contribution in [0.1, 0.15) is 39.5 Å². The van der Waals surface area contributed by atoms with E-state index in [1.54, 1.807) is 17.0 Å². The van der Waals surface area contributed by atoms with Gasteiger partial charge < -0.3 is 10.2 Å². The topological polar surface area (TPSA) is 49.4 Å². The summed E-state index contributed by atoms with van der Waals surface area (Å²) in [5.74, 6) is -0.987. The number of anilines is 1. The van der Waals surface area contributed by atoms with Crippen LogP contribution in [-0.4, -0.2) is 29.8 Å². The number of unbranched alkanes of at least 4 members (excludes halogenated alkanes) is 2. The molecule has 0 aliphatic heterocycles. The molecule has 116 valence electrons. The van der Waals surface area contributed by atoms with Gasteiger partial charge in [0.1, 0.15) is 0 Å². The lowest BCUT2D eigenvalue weighted by molar-refractivity contribution is -0.143. The molecule has 0 atom stereocenters. The van der Waals surface area contributed by atoms with Crippen LogP contribution >= 0.6 is 22.6 Å². The quantitative estimate of drug-likeness (QED) is 0.559. The van der Waals surface area contributed by atoms with Gasteiger partial charge in [-0.1, -0.05) is 26.7 Å². The number of halogens is 1. The Balaban J connectivity index is 2.63. The molecule has 1 aromatic carbocycles. The summed E-state index contributed by atoms with van der Waals surface area (Å²) in [5.41, 5.74) is 0.652. The molecule has 0 saturated carbocycles. The van der Waals surface area contributed by atoms with Gasteiger partial charge in [-0.2, -0.15) is 0 Å². The predicted molar refractivity (Wildman–Crippen MR) is 94.2 cm³/mol. The second-order valence-corrected chi connectivity index (χ2v) is 6.21. The SMILES string of the molecule is CCCCN(CCCC)C(=O)C(=O)Nc1ccc(I)cc1. The summed E-state index contributed by atoms with van der Waals surface area (Å²) in [6, 6.07) is 7.39. The van der Waals surface area contributed by atoms with Gasteiger partial charge in [0.25, 0.3) is 0 Å². The third-order valence-electron chi connectivity index (χ3n) is 3.15. The zero-order chi connectivity index (χ0) is 15.7. The Hall–Kier alpha value is -1.11. The van der Waals surface area contributed by atoms with E-state index in [2.05, 4.69) is 41.8 Å². The predicted octanol–water partition coefficient (Wildman–Crippen LogP) is 3.66. The monoisotopic (exact) mass is 402 g/mol. The average Bonchev–Trinajstić information content (AvgIpc) is 2.49. The van der Waals surface area contributed by atoms with Crippen molar-refractivity contribution in [3.63, 3.8) is 0 Å². The summed E-state index contributed by atoms with van der Waals surface area (Å²) in [4.78, 5) is 26.0. The molecule has 5 heteroatoms. The Morgan fingerprint density at radius 3 is 2.05 bits per heavy atom. The number of carbonyl (C=O) groups excluding carboxylic acids is 2. The molecular weight excluding hydrogens is 379 g/mol. The molecule has 0 radical (unpaired) electrons. The highest BCUT2D eigenvalue weighted by Crippen LogP contribution is 2.11. The fourth-order valence-corrected chi connectivity index (χ4v) is 2.23. The molecule has 0 aliphatic carbocycles. The standard InChI is InChI=1S/C16H23IN2O2/c1-3-5-11-19(12-6-4-2)16(21)15(20)18-14-9-7-13(17)8-10-14/h7-10H,3-6,11-12H2,1-2H3,(H,18,20). The number of benzene rings is 1. The van der Waals surface area contributed by atoms with Crippen LogP contribution in [0.4, 0.5) is 5.69 Å². The van der Waals surface area contributed by atoms with E-state index in [0.29, 0.717) is 18.8 Å². The van der Waals surface area contributed by atoms with Crippen LogP contribution in [-0.2, 0) is 9.59 Å². The summed E-state index contributed by atoms with van der Waals surface area (Å²) in [6.45, 7) is 5.45. The number of rotatable bonds is 7. The zero-order valence-corrected chi connectivity index (χ0v) is 14.9. The molecular formula is C16H23IN2O2. The van der Waals surface area contributed by atoms with Gasteiger partial charge in [-0.3, -0.25) is 9.59 Å². The number of amides is 2. The molecule has 21 heavy (non-hydrogen) atoms. The molecule has 0 aliphatic rings. The summed E-state index contributed by atoms with van der Waals surface area (Å²) in [7, 11) is 0. The number of carbonyl (C=O) groups is 2. The number of nitrogens with zero attached hydrogens (tertiary/aromatic N) is 1. The molecule has 0 saturated heterocycles. The molecule has 1 N–H and O–H groups in total. The Labute approximate surface area is 140 Å². The molecule has 0 aromatic heterocycles. The molecule has 0 bridgehead atoms. The number of nitrogens with one attached hydrogen (secondary N) is 1. The van der Waals surface area contributed by atoms with Gasteiger partial charge in [-0.15, -0.1) is 0 Å². The van der Waals surface area contributed by atoms with Crippen LogP contribution in [0.2, 0.25) is 0 Å². The van der Waals surface area contributed by atoms with Crippen LogP contribution in [0.25, 0.3) is 0 Å². The van der Waals surface area contributed by atoms with Crippen molar-refractivity contribution >= 4 is 40.1 Å². The molecule has 4 nitrogen and oxygen atoms in total. The van der Waals surface area contributed by atoms with Crippen molar-refractivity contribution < 1.29 is 9.59 Å². The van der Waals surface area contributed by atoms with Gasteiger partial charge in [0.05, 0.1) is 0 Å². The molecule has 1 rings (SSSR count). The maximum atomic E-state index is 12.2. The summed E-state index contributed by atoms with van der Waals surface area (Å²) in [6.07, 6.45) is 3.86. The maximum Gasteiger partial charge on any atom is 0.313 e. The third-order valence-corrected chi connectivity index (χ3v) is 3.87. The van der Waals surface area contributed by atoms with E-state index >= 15 is 0 Å². The van der Waals surface area contributed by atoms with Gasteiger partial charge in [0.15, 0.2) is 0 Å². The van der Waals surface area contributed by atoms with Crippen molar-refractivity contribution in [1.82, 2.24) is 4.90 Å². The van der Waals surface area contributed by atoms with Crippen molar-refractivity contribution in [2.24, 2.45) is 0 Å². The first kappa shape index (κ1) is 17.9. The number of hydrogen-bond acceptors (Lipinski definition) is 2. The van der Waals surface area contributed by atoms with E-state index < -0.39 is 11.8 Å². The van der Waals surface area contributed by atoms with Crippen molar-refractivity contribution in [2.75, 3.05) is 18.4 Å². The van der Waals surface area contributed by atoms with Crippen molar-refractivity contribution in [3.05, 3.63) is 27.8 Å². The van der Waals surface area contributed by atoms with Gasteiger partial charge in [-0.25, -0.2) is 0 Å². The van der Waals surface area contributed by atoms with E-state index in [1.165, 1.54) is 0 Å². The molecule has 0 spiro atoms. The van der Waals surface area contributed by atoms with Gasteiger partial charge in [0, 0.05) is 22.3 Å². The lowest BCUT2D eigenvalue weighted by atomic mass is 10.2. The second-order valence-electron chi connectivity index (χ2n) is 4.96. The second kappa shape index (κ2) is 9.76. The third kappa shape index (κ3) is 6.46. The zero-order valence-electron chi connectivity index (χ0n) is 12.7. The molecule has 0 fully saturated rings. The highest BCUT2D eigenvalue weighted by Gasteiger charge is 2.20. The first-order valence-corrected chi connectivity index (χ1v) is 8.52. The first-order chi connectivity index (χ1) is 10.1. The normalized spacial score (nSPS) is 10.2. The minimum atomic E-state index is -0.552. The summed E-state index contributed by atoms with van der Waals surface area (Å²) >= 11 is 2.20. The minimum absolute atomic E-state index is 0.435. The van der Waals surface area contributed by atoms with Gasteiger partial charge in [-0.05, 0) is 59.7 Å². The molecule has 0 unspecified atom stereocenters. The Morgan fingerprint density at radius 1 is 1.05 bits per heavy atom. The Kier molecular flexibility index (Phi) is 8.34. The van der Waals surface area contributed by atoms with Crippen molar-refractivity contribution in [3.8, 4) is 0 Å². The van der Waals surface area contributed by atoms with Gasteiger partial charge >= 0.3 is 11.8 Å². The highest BCUT2D eigenvalue weighted by molar-refractivity contribution is 14.1. The Bertz CT molecular complexity index is 452. The smallest absolute Gasteiger partial charge is 0.313 e. The minimum Gasteiger partial charge on any atom is -0.334 e. The Morgan fingerprint density at radius 2 is 1.57 bits per heavy atom. The van der Waals surface area contributed by atoms with Gasteiger partial charge in [0.2, 0.25) is 0 Å². The van der Waals surface area contributed by atoms with Crippen LogP contribution in [0.3, 0.4) is 0 Å². The lowest BCUT2D eigenvalue weighted by Crippen LogP contribution is -2.40. The van der Waals surface area contributed by atoms with E-state index in [-0.39, 0.29) is 0 Å². The van der Waals surface area contributed by atoms with Crippen molar-refractivity contribution in [1.29, 1.82) is 0 Å². The molecule has 2 amide bonds. The first-order valence-electron chi connectivity index (χ1n) is 7.44. The van der Waals surface area contributed by atoms with E-state index in [0.717, 1.165) is 29.3 Å². The fourth-order valence-electron chi connectivity index (χ4n) is 1.87. The largest absolute Gasteiger partial charge is 0.334 e. The van der Waals surface area contributed by atoms with Crippen LogP contribution in [0.5, 0.6) is 0 Å². The van der Waals surface area contributed by atoms with Crippen LogP contribution in [0.15, 0.2) is 24.3 Å². The average molecular weight is 402 g/mol. The fraction of sp³-hybridized carbons (Fsp3) is 0.500. The van der Waals surface area contributed by atoms with Crippen LogP contribution < -0.4 is 5.32 Å². The van der Waals surface area contributed by atoms with E-state index in [1.807, 2.05) is 12.1 Å². The highest BCUT2D eigenvalue weighted by atomic mass is 127. The van der Waals surface area contributed by atoms with E-state index in [4.69, 9.17) is 0 Å². The lowest BCUT2D eigenvalue weighted by Gasteiger charge is -2.21. The summed E-state index contributed by atoms with van der Waals surface area (Å²) < 4.78 is 1.09. The molecule has 0 heterocycles. The number of hydrogen-bond donors (Lipinski definition) is 1. The van der Waals surface area contributed by atoms with Crippen LogP contribution in [0, 0.1) is 3.57 Å². The maximum absolute atomic E-state index is 12.2. The van der Waals surface area contributed by atoms with E-state index in [9.17, 15) is 9.59 Å². The molecule has 1 aromatic rings.